The molecule has 1 aliphatic rings. The van der Waals surface area contributed by atoms with Crippen LogP contribution >= 0.6 is 11.3 Å². The van der Waals surface area contributed by atoms with Crippen molar-refractivity contribution in [1.29, 1.82) is 0 Å². The number of thiazole rings is 1. The zero-order valence-electron chi connectivity index (χ0n) is 12.2. The van der Waals surface area contributed by atoms with Crippen molar-refractivity contribution in [3.05, 3.63) is 16.6 Å². The Hall–Kier alpha value is -1.31. The van der Waals surface area contributed by atoms with Gasteiger partial charge in [0.15, 0.2) is 0 Å². The van der Waals surface area contributed by atoms with Crippen LogP contribution in [0.3, 0.4) is 0 Å². The van der Waals surface area contributed by atoms with Crippen molar-refractivity contribution >= 4 is 17.4 Å². The molecule has 1 aromatic rings. The lowest BCUT2D eigenvalue weighted by molar-refractivity contribution is -0.148. The van der Waals surface area contributed by atoms with Crippen molar-refractivity contribution in [1.82, 2.24) is 15.6 Å². The third kappa shape index (κ3) is 5.82. The maximum Gasteiger partial charge on any atom is 0.389 e. The number of alkyl halides is 3. The molecule has 2 amide bonds. The zero-order chi connectivity index (χ0) is 16.0. The van der Waals surface area contributed by atoms with Crippen molar-refractivity contribution in [2.24, 2.45) is 5.92 Å². The van der Waals surface area contributed by atoms with Gasteiger partial charge < -0.3 is 10.6 Å². The number of carbonyl (C=O) groups excluding carboxylic acids is 1. The first-order chi connectivity index (χ1) is 10.4. The van der Waals surface area contributed by atoms with E-state index in [-0.39, 0.29) is 0 Å². The SMILES string of the molecule is O=C(NCCc1nccs1)N[C@H]1CCCC[C@H]1CC(F)(F)F. The van der Waals surface area contributed by atoms with Gasteiger partial charge in [0.1, 0.15) is 0 Å². The molecular weight excluding hydrogens is 315 g/mol. The molecule has 1 fully saturated rings. The smallest absolute Gasteiger partial charge is 0.338 e. The summed E-state index contributed by atoms with van der Waals surface area (Å²) in [5.41, 5.74) is 0. The van der Waals surface area contributed by atoms with Gasteiger partial charge in [-0.25, -0.2) is 9.78 Å². The maximum atomic E-state index is 12.6. The molecule has 0 spiro atoms. The normalized spacial score (nSPS) is 22.3. The highest BCUT2D eigenvalue weighted by Crippen LogP contribution is 2.34. The molecule has 1 aliphatic carbocycles. The second kappa shape index (κ2) is 7.80. The summed E-state index contributed by atoms with van der Waals surface area (Å²) >= 11 is 1.51. The van der Waals surface area contributed by atoms with Crippen LogP contribution in [0.1, 0.15) is 37.1 Å². The summed E-state index contributed by atoms with van der Waals surface area (Å²) < 4.78 is 37.7. The Morgan fingerprint density at radius 2 is 2.14 bits per heavy atom. The van der Waals surface area contributed by atoms with Gasteiger partial charge in [0.2, 0.25) is 0 Å². The van der Waals surface area contributed by atoms with E-state index in [4.69, 9.17) is 0 Å². The van der Waals surface area contributed by atoms with Crippen molar-refractivity contribution < 1.29 is 18.0 Å². The van der Waals surface area contributed by atoms with Crippen LogP contribution in [0.5, 0.6) is 0 Å². The fourth-order valence-electron chi connectivity index (χ4n) is 2.82. The van der Waals surface area contributed by atoms with E-state index < -0.39 is 30.6 Å². The maximum absolute atomic E-state index is 12.6. The topological polar surface area (TPSA) is 54.0 Å². The molecule has 1 saturated carbocycles. The van der Waals surface area contributed by atoms with Crippen molar-refractivity contribution in [2.75, 3.05) is 6.54 Å². The van der Waals surface area contributed by atoms with Crippen LogP contribution in [0, 0.1) is 5.92 Å². The standard InChI is InChI=1S/C14H20F3N3OS/c15-14(16,17)9-10-3-1-2-4-11(10)20-13(21)19-6-5-12-18-7-8-22-12/h7-8,10-11H,1-6,9H2,(H2,19,20,21)/t10-,11-/m0/s1. The van der Waals surface area contributed by atoms with E-state index >= 15 is 0 Å². The monoisotopic (exact) mass is 335 g/mol. The predicted molar refractivity (Wildman–Crippen MR) is 78.8 cm³/mol. The van der Waals surface area contributed by atoms with E-state index in [1.165, 1.54) is 11.3 Å². The molecule has 124 valence electrons. The van der Waals surface area contributed by atoms with Crippen molar-refractivity contribution in [3.8, 4) is 0 Å². The van der Waals surface area contributed by atoms with E-state index in [9.17, 15) is 18.0 Å². The van der Waals surface area contributed by atoms with Gasteiger partial charge in [0, 0.05) is 37.0 Å². The van der Waals surface area contributed by atoms with E-state index in [1.807, 2.05) is 5.38 Å². The molecule has 0 aliphatic heterocycles. The van der Waals surface area contributed by atoms with Crippen LogP contribution in [-0.4, -0.2) is 29.8 Å². The number of carbonyl (C=O) groups is 1. The third-order valence-electron chi connectivity index (χ3n) is 3.83. The number of nitrogens with zero attached hydrogens (tertiary/aromatic N) is 1. The summed E-state index contributed by atoms with van der Waals surface area (Å²) in [4.78, 5) is 15.9. The first kappa shape index (κ1) is 17.1. The average molecular weight is 335 g/mol. The Kier molecular flexibility index (Phi) is 6.05. The lowest BCUT2D eigenvalue weighted by Gasteiger charge is -2.32. The summed E-state index contributed by atoms with van der Waals surface area (Å²) in [7, 11) is 0. The fraction of sp³-hybridized carbons (Fsp3) is 0.714. The minimum absolute atomic E-state index is 0.393. The van der Waals surface area contributed by atoms with E-state index in [1.54, 1.807) is 6.20 Å². The van der Waals surface area contributed by atoms with E-state index in [0.717, 1.165) is 17.8 Å². The van der Waals surface area contributed by atoms with E-state index in [2.05, 4.69) is 15.6 Å². The number of hydrogen-bond acceptors (Lipinski definition) is 3. The summed E-state index contributed by atoms with van der Waals surface area (Å²) in [6.45, 7) is 0.427. The highest BCUT2D eigenvalue weighted by atomic mass is 32.1. The number of amides is 2. The molecule has 1 aromatic heterocycles. The summed E-state index contributed by atoms with van der Waals surface area (Å²) in [5, 5.41) is 8.18. The predicted octanol–water partition coefficient (Wildman–Crippen LogP) is 3.50. The van der Waals surface area contributed by atoms with Crippen LogP contribution in [0.15, 0.2) is 11.6 Å². The second-order valence-corrected chi connectivity index (χ2v) is 6.53. The van der Waals surface area contributed by atoms with E-state index in [0.29, 0.717) is 25.8 Å². The first-order valence-corrected chi connectivity index (χ1v) is 8.31. The molecule has 0 unspecified atom stereocenters. The lowest BCUT2D eigenvalue weighted by atomic mass is 9.82. The molecule has 8 heteroatoms. The Morgan fingerprint density at radius 3 is 2.82 bits per heavy atom. The van der Waals surface area contributed by atoms with Gasteiger partial charge in [-0.2, -0.15) is 13.2 Å². The molecule has 2 N–H and O–H groups in total. The third-order valence-corrected chi connectivity index (χ3v) is 4.67. The number of aromatic nitrogens is 1. The number of rotatable bonds is 5. The summed E-state index contributed by atoms with van der Waals surface area (Å²) in [5.74, 6) is -0.515. The Labute approximate surface area is 131 Å². The molecule has 0 radical (unpaired) electrons. The van der Waals surface area contributed by atoms with Crippen LogP contribution in [0.2, 0.25) is 0 Å². The average Bonchev–Trinajstić information content (AvgIpc) is 2.92. The Morgan fingerprint density at radius 1 is 1.36 bits per heavy atom. The van der Waals surface area contributed by atoms with Crippen LogP contribution < -0.4 is 10.6 Å². The van der Waals surface area contributed by atoms with Gasteiger partial charge in [-0.15, -0.1) is 11.3 Å². The molecule has 2 rings (SSSR count). The second-order valence-electron chi connectivity index (χ2n) is 5.55. The molecule has 2 atom stereocenters. The molecule has 22 heavy (non-hydrogen) atoms. The molecule has 1 heterocycles. The first-order valence-electron chi connectivity index (χ1n) is 7.43. The van der Waals surface area contributed by atoms with Gasteiger partial charge in [-0.05, 0) is 18.8 Å². The minimum atomic E-state index is -4.18. The van der Waals surface area contributed by atoms with Crippen LogP contribution in [0.4, 0.5) is 18.0 Å². The van der Waals surface area contributed by atoms with Gasteiger partial charge in [-0.1, -0.05) is 12.8 Å². The quantitative estimate of drug-likeness (QED) is 0.865. The summed E-state index contributed by atoms with van der Waals surface area (Å²) in [6, 6.07) is -0.786. The number of hydrogen-bond donors (Lipinski definition) is 2. The zero-order valence-corrected chi connectivity index (χ0v) is 13.0. The lowest BCUT2D eigenvalue weighted by Crippen LogP contribution is -2.48. The molecular formula is C14H20F3N3OS. The molecule has 0 saturated heterocycles. The largest absolute Gasteiger partial charge is 0.389 e. The number of halogens is 3. The van der Waals surface area contributed by atoms with Crippen LogP contribution in [-0.2, 0) is 6.42 Å². The minimum Gasteiger partial charge on any atom is -0.338 e. The fourth-order valence-corrected chi connectivity index (χ4v) is 3.44. The van der Waals surface area contributed by atoms with Gasteiger partial charge in [-0.3, -0.25) is 0 Å². The number of urea groups is 1. The van der Waals surface area contributed by atoms with Crippen LogP contribution in [0.25, 0.3) is 0 Å². The summed E-state index contributed by atoms with van der Waals surface area (Å²) in [6.07, 6.45) is 0.110. The van der Waals surface area contributed by atoms with Gasteiger partial charge in [0.25, 0.3) is 0 Å². The number of nitrogens with one attached hydrogen (secondary N) is 2. The molecule has 0 bridgehead atoms. The van der Waals surface area contributed by atoms with Gasteiger partial charge >= 0.3 is 12.2 Å². The van der Waals surface area contributed by atoms with Crippen molar-refractivity contribution in [2.45, 2.75) is 50.7 Å². The van der Waals surface area contributed by atoms with Gasteiger partial charge in [0.05, 0.1) is 5.01 Å². The Bertz CT molecular complexity index is 464. The Balaban J connectivity index is 1.75. The molecule has 0 aromatic carbocycles. The highest BCUT2D eigenvalue weighted by molar-refractivity contribution is 7.09. The van der Waals surface area contributed by atoms with Crippen molar-refractivity contribution in [3.63, 3.8) is 0 Å². The highest BCUT2D eigenvalue weighted by Gasteiger charge is 2.37. The molecule has 4 nitrogen and oxygen atoms in total.